The number of Topliss-reactive ketones (excluding diaryl/α,β-unsaturated/α-hetero) is 1. The van der Waals surface area contributed by atoms with Crippen LogP contribution in [0.3, 0.4) is 0 Å². The molecule has 4 heteroatoms. The van der Waals surface area contributed by atoms with E-state index in [0.717, 1.165) is 0 Å². The Hall–Kier alpha value is -1.19. The SMILES string of the molecule is CC(C)(C)N1C=NN=CC(=O)C1. The van der Waals surface area contributed by atoms with Gasteiger partial charge in [0.25, 0.3) is 0 Å². The van der Waals surface area contributed by atoms with Gasteiger partial charge in [0, 0.05) is 5.54 Å². The van der Waals surface area contributed by atoms with Crippen molar-refractivity contribution in [1.82, 2.24) is 4.90 Å². The van der Waals surface area contributed by atoms with Crippen molar-refractivity contribution < 1.29 is 4.79 Å². The molecule has 0 aromatic carbocycles. The van der Waals surface area contributed by atoms with Gasteiger partial charge in [0.05, 0.1) is 12.8 Å². The quantitative estimate of drug-likeness (QED) is 0.532. The molecule has 0 aliphatic carbocycles. The third-order valence-corrected chi connectivity index (χ3v) is 1.65. The smallest absolute Gasteiger partial charge is 0.194 e. The van der Waals surface area contributed by atoms with Crippen LogP contribution in [0.25, 0.3) is 0 Å². The molecular formula is C8H13N3O. The number of ketones is 1. The number of carbonyl (C=O) groups is 1. The highest BCUT2D eigenvalue weighted by Gasteiger charge is 2.21. The fourth-order valence-electron chi connectivity index (χ4n) is 0.850. The molecule has 4 nitrogen and oxygen atoms in total. The maximum absolute atomic E-state index is 11.1. The van der Waals surface area contributed by atoms with E-state index in [4.69, 9.17) is 0 Å². The molecule has 0 fully saturated rings. The van der Waals surface area contributed by atoms with Gasteiger partial charge in [-0.05, 0) is 20.8 Å². The first-order chi connectivity index (χ1) is 5.50. The second-order valence-electron chi connectivity index (χ2n) is 3.74. The Labute approximate surface area is 72.0 Å². The number of carbonyl (C=O) groups excluding carboxylic acids is 1. The van der Waals surface area contributed by atoms with Crippen molar-refractivity contribution >= 4 is 18.3 Å². The van der Waals surface area contributed by atoms with Gasteiger partial charge in [-0.3, -0.25) is 4.79 Å². The highest BCUT2D eigenvalue weighted by atomic mass is 16.1. The molecule has 0 spiro atoms. The van der Waals surface area contributed by atoms with Gasteiger partial charge in [0.2, 0.25) is 0 Å². The van der Waals surface area contributed by atoms with Crippen LogP contribution < -0.4 is 0 Å². The summed E-state index contributed by atoms with van der Waals surface area (Å²) in [4.78, 5) is 12.9. The Morgan fingerprint density at radius 2 is 2.08 bits per heavy atom. The fourth-order valence-corrected chi connectivity index (χ4v) is 0.850. The lowest BCUT2D eigenvalue weighted by molar-refractivity contribution is -0.113. The molecule has 0 atom stereocenters. The molecule has 0 bridgehead atoms. The van der Waals surface area contributed by atoms with Gasteiger partial charge in [-0.15, -0.1) is 5.10 Å². The molecule has 1 rings (SSSR count). The molecule has 0 aromatic rings. The predicted octanol–water partition coefficient (Wildman–Crippen LogP) is 0.684. The van der Waals surface area contributed by atoms with E-state index >= 15 is 0 Å². The molecule has 66 valence electrons. The minimum Gasteiger partial charge on any atom is -0.349 e. The largest absolute Gasteiger partial charge is 0.349 e. The van der Waals surface area contributed by atoms with Crippen LogP contribution >= 0.6 is 0 Å². The molecule has 0 aromatic heterocycles. The lowest BCUT2D eigenvalue weighted by Gasteiger charge is -2.31. The van der Waals surface area contributed by atoms with Crippen LogP contribution in [-0.2, 0) is 4.79 Å². The second kappa shape index (κ2) is 3.05. The van der Waals surface area contributed by atoms with Gasteiger partial charge >= 0.3 is 0 Å². The molecule has 1 aliphatic rings. The summed E-state index contributed by atoms with van der Waals surface area (Å²) in [6, 6.07) is 0. The average molecular weight is 167 g/mol. The summed E-state index contributed by atoms with van der Waals surface area (Å²) in [7, 11) is 0. The fraction of sp³-hybridized carbons (Fsp3) is 0.625. The second-order valence-corrected chi connectivity index (χ2v) is 3.74. The van der Waals surface area contributed by atoms with Crippen LogP contribution in [0.1, 0.15) is 20.8 Å². The maximum Gasteiger partial charge on any atom is 0.194 e. The minimum atomic E-state index is -0.0765. The first-order valence-electron chi connectivity index (χ1n) is 3.86. The molecule has 0 radical (unpaired) electrons. The van der Waals surface area contributed by atoms with E-state index < -0.39 is 0 Å². The predicted molar refractivity (Wildman–Crippen MR) is 48.5 cm³/mol. The molecule has 0 saturated heterocycles. The van der Waals surface area contributed by atoms with Gasteiger partial charge in [-0.2, -0.15) is 5.10 Å². The Balaban J connectivity index is 2.75. The highest BCUT2D eigenvalue weighted by molar-refractivity contribution is 6.28. The van der Waals surface area contributed by atoms with E-state index in [-0.39, 0.29) is 11.3 Å². The summed E-state index contributed by atoms with van der Waals surface area (Å²) in [5, 5.41) is 7.29. The third-order valence-electron chi connectivity index (χ3n) is 1.65. The monoisotopic (exact) mass is 167 g/mol. The van der Waals surface area contributed by atoms with Crippen LogP contribution in [0.4, 0.5) is 0 Å². The molecule has 0 amide bonds. The van der Waals surface area contributed by atoms with E-state index in [1.54, 1.807) is 6.34 Å². The standard InChI is InChI=1S/C8H13N3O/c1-8(2,3)11-5-7(12)4-9-10-6-11/h4,6H,5H2,1-3H3. The number of hydrogen-bond donors (Lipinski definition) is 0. The molecule has 0 N–H and O–H groups in total. The molecule has 1 aliphatic heterocycles. The van der Waals surface area contributed by atoms with Crippen molar-refractivity contribution in [2.75, 3.05) is 6.54 Å². The molecular weight excluding hydrogens is 154 g/mol. The van der Waals surface area contributed by atoms with Gasteiger partial charge in [0.1, 0.15) is 6.34 Å². The minimum absolute atomic E-state index is 0.0116. The van der Waals surface area contributed by atoms with Gasteiger partial charge in [-0.25, -0.2) is 0 Å². The first kappa shape index (κ1) is 8.90. The Morgan fingerprint density at radius 1 is 1.42 bits per heavy atom. The zero-order chi connectivity index (χ0) is 9.19. The maximum atomic E-state index is 11.1. The van der Waals surface area contributed by atoms with Crippen molar-refractivity contribution in [3.05, 3.63) is 0 Å². The lowest BCUT2D eigenvalue weighted by atomic mass is 10.1. The van der Waals surface area contributed by atoms with E-state index in [9.17, 15) is 4.79 Å². The van der Waals surface area contributed by atoms with Gasteiger partial charge in [0.15, 0.2) is 5.78 Å². The zero-order valence-corrected chi connectivity index (χ0v) is 7.61. The van der Waals surface area contributed by atoms with Crippen molar-refractivity contribution in [1.29, 1.82) is 0 Å². The average Bonchev–Trinajstić information content (AvgIpc) is 2.11. The van der Waals surface area contributed by atoms with E-state index in [0.29, 0.717) is 6.54 Å². The summed E-state index contributed by atoms with van der Waals surface area (Å²) < 4.78 is 0. The summed E-state index contributed by atoms with van der Waals surface area (Å²) in [5.74, 6) is -0.0116. The number of hydrogen-bond acceptors (Lipinski definition) is 4. The van der Waals surface area contributed by atoms with Crippen molar-refractivity contribution in [2.24, 2.45) is 10.2 Å². The van der Waals surface area contributed by atoms with Crippen molar-refractivity contribution in [3.63, 3.8) is 0 Å². The molecule has 0 unspecified atom stereocenters. The Morgan fingerprint density at radius 3 is 2.67 bits per heavy atom. The first-order valence-corrected chi connectivity index (χ1v) is 3.86. The van der Waals surface area contributed by atoms with Crippen molar-refractivity contribution in [3.8, 4) is 0 Å². The summed E-state index contributed by atoms with van der Waals surface area (Å²) >= 11 is 0. The summed E-state index contributed by atoms with van der Waals surface area (Å²) in [6.07, 6.45) is 2.85. The Bertz CT molecular complexity index is 237. The van der Waals surface area contributed by atoms with Crippen LogP contribution in [0.2, 0.25) is 0 Å². The Kier molecular flexibility index (Phi) is 2.26. The topological polar surface area (TPSA) is 45.0 Å². The zero-order valence-electron chi connectivity index (χ0n) is 7.61. The van der Waals surface area contributed by atoms with Crippen LogP contribution in [0.15, 0.2) is 10.2 Å². The van der Waals surface area contributed by atoms with Gasteiger partial charge in [-0.1, -0.05) is 0 Å². The summed E-state index contributed by atoms with van der Waals surface area (Å²) in [5.41, 5.74) is -0.0765. The van der Waals surface area contributed by atoms with Gasteiger partial charge < -0.3 is 4.90 Å². The molecule has 12 heavy (non-hydrogen) atoms. The van der Waals surface area contributed by atoms with Crippen LogP contribution in [-0.4, -0.2) is 35.3 Å². The van der Waals surface area contributed by atoms with Crippen molar-refractivity contribution in [2.45, 2.75) is 26.3 Å². The lowest BCUT2D eigenvalue weighted by Crippen LogP contribution is -2.43. The number of rotatable bonds is 0. The molecule has 0 saturated carbocycles. The van der Waals surface area contributed by atoms with Crippen LogP contribution in [0.5, 0.6) is 0 Å². The highest BCUT2D eigenvalue weighted by Crippen LogP contribution is 2.11. The van der Waals surface area contributed by atoms with E-state index in [2.05, 4.69) is 10.2 Å². The normalized spacial score (nSPS) is 18.2. The van der Waals surface area contributed by atoms with E-state index in [1.807, 2.05) is 25.7 Å². The summed E-state index contributed by atoms with van der Waals surface area (Å²) in [6.45, 7) is 6.43. The third kappa shape index (κ3) is 2.15. The molecule has 1 heterocycles. The van der Waals surface area contributed by atoms with E-state index in [1.165, 1.54) is 6.21 Å². The van der Waals surface area contributed by atoms with Crippen LogP contribution in [0, 0.1) is 0 Å². The number of nitrogens with zero attached hydrogens (tertiary/aromatic N) is 3.